The molecule has 2 aliphatic rings. The van der Waals surface area contributed by atoms with Gasteiger partial charge in [0.05, 0.1) is 12.3 Å². The zero-order valence-electron chi connectivity index (χ0n) is 12.9. The molecule has 1 unspecified atom stereocenters. The van der Waals surface area contributed by atoms with Crippen molar-refractivity contribution in [2.75, 3.05) is 20.1 Å². The topological polar surface area (TPSA) is 30.3 Å². The molecule has 0 amide bonds. The molecule has 21 heavy (non-hydrogen) atoms. The van der Waals surface area contributed by atoms with E-state index in [4.69, 9.17) is 16.3 Å². The van der Waals surface area contributed by atoms with Crippen molar-refractivity contribution in [3.05, 3.63) is 11.3 Å². The van der Waals surface area contributed by atoms with E-state index in [0.29, 0.717) is 17.2 Å². The van der Waals surface area contributed by atoms with Crippen LogP contribution in [0, 0.1) is 5.92 Å². The Kier molecular flexibility index (Phi) is 5.07. The summed E-state index contributed by atoms with van der Waals surface area (Å²) in [6.45, 7) is 3.24. The molecule has 5 heteroatoms. The first-order valence-corrected chi connectivity index (χ1v) is 8.66. The lowest BCUT2D eigenvalue weighted by Gasteiger charge is -2.29. The van der Waals surface area contributed by atoms with E-state index in [1.54, 1.807) is 6.20 Å². The summed E-state index contributed by atoms with van der Waals surface area (Å²) in [5.74, 6) is 1.41. The van der Waals surface area contributed by atoms with Crippen molar-refractivity contribution in [1.82, 2.24) is 14.7 Å². The van der Waals surface area contributed by atoms with Gasteiger partial charge < -0.3 is 9.64 Å². The lowest BCUT2D eigenvalue weighted by Crippen LogP contribution is -2.34. The van der Waals surface area contributed by atoms with Gasteiger partial charge in [-0.25, -0.2) is 0 Å². The smallest absolute Gasteiger partial charge is 0.176 e. The second kappa shape index (κ2) is 7.01. The van der Waals surface area contributed by atoms with E-state index in [2.05, 4.69) is 17.0 Å². The van der Waals surface area contributed by atoms with Crippen LogP contribution in [0.2, 0.25) is 5.15 Å². The third-order valence-electron chi connectivity index (χ3n) is 4.74. The highest BCUT2D eigenvalue weighted by molar-refractivity contribution is 6.31. The molecule has 2 heterocycles. The number of aromatic nitrogens is 2. The van der Waals surface area contributed by atoms with E-state index >= 15 is 0 Å². The van der Waals surface area contributed by atoms with Gasteiger partial charge >= 0.3 is 0 Å². The van der Waals surface area contributed by atoms with Crippen LogP contribution in [0.4, 0.5) is 0 Å². The van der Waals surface area contributed by atoms with Crippen molar-refractivity contribution in [2.24, 2.45) is 5.92 Å². The SMILES string of the molecule is CN1CCCC(Cn2ncc(OC3CCCCC3)c2Cl)C1. The van der Waals surface area contributed by atoms with Crippen molar-refractivity contribution in [3.8, 4) is 5.75 Å². The van der Waals surface area contributed by atoms with Gasteiger partial charge in [0, 0.05) is 13.1 Å². The predicted molar refractivity (Wildman–Crippen MR) is 85.0 cm³/mol. The minimum Gasteiger partial charge on any atom is -0.486 e. The van der Waals surface area contributed by atoms with Crippen molar-refractivity contribution in [3.63, 3.8) is 0 Å². The third-order valence-corrected chi connectivity index (χ3v) is 5.12. The number of rotatable bonds is 4. The molecule has 3 rings (SSSR count). The quantitative estimate of drug-likeness (QED) is 0.851. The molecule has 1 aromatic heterocycles. The molecule has 1 saturated heterocycles. The number of likely N-dealkylation sites (tertiary alicyclic amines) is 1. The largest absolute Gasteiger partial charge is 0.486 e. The molecule has 1 aliphatic heterocycles. The molecule has 0 spiro atoms. The Morgan fingerprint density at radius 1 is 1.24 bits per heavy atom. The summed E-state index contributed by atoms with van der Waals surface area (Å²) in [6.07, 6.45) is 10.8. The maximum Gasteiger partial charge on any atom is 0.176 e. The minimum atomic E-state index is 0.328. The summed E-state index contributed by atoms with van der Waals surface area (Å²) in [6, 6.07) is 0. The highest BCUT2D eigenvalue weighted by Crippen LogP contribution is 2.30. The molecule has 118 valence electrons. The van der Waals surface area contributed by atoms with Gasteiger partial charge in [-0.15, -0.1) is 0 Å². The molecular weight excluding hydrogens is 286 g/mol. The van der Waals surface area contributed by atoms with Crippen LogP contribution in [0.25, 0.3) is 0 Å². The summed E-state index contributed by atoms with van der Waals surface area (Å²) >= 11 is 6.46. The van der Waals surface area contributed by atoms with Crippen LogP contribution in [-0.4, -0.2) is 40.9 Å². The van der Waals surface area contributed by atoms with Crippen LogP contribution in [0.1, 0.15) is 44.9 Å². The fraction of sp³-hybridized carbons (Fsp3) is 0.812. The highest BCUT2D eigenvalue weighted by Gasteiger charge is 2.22. The molecule has 1 aliphatic carbocycles. The molecule has 1 saturated carbocycles. The van der Waals surface area contributed by atoms with Crippen molar-refractivity contribution in [1.29, 1.82) is 0 Å². The Balaban J connectivity index is 1.59. The summed E-state index contributed by atoms with van der Waals surface area (Å²) in [5.41, 5.74) is 0. The van der Waals surface area contributed by atoms with Gasteiger partial charge in [0.2, 0.25) is 0 Å². The maximum atomic E-state index is 6.46. The summed E-state index contributed by atoms with van der Waals surface area (Å²) in [7, 11) is 2.19. The predicted octanol–water partition coefficient (Wildman–Crippen LogP) is 3.59. The highest BCUT2D eigenvalue weighted by atomic mass is 35.5. The lowest BCUT2D eigenvalue weighted by molar-refractivity contribution is 0.154. The van der Waals surface area contributed by atoms with Crippen LogP contribution in [0.3, 0.4) is 0 Å². The summed E-state index contributed by atoms with van der Waals surface area (Å²) in [5, 5.41) is 5.12. The maximum absolute atomic E-state index is 6.46. The van der Waals surface area contributed by atoms with E-state index in [1.807, 2.05) is 4.68 Å². The third kappa shape index (κ3) is 3.92. The summed E-state index contributed by atoms with van der Waals surface area (Å²) < 4.78 is 7.97. The van der Waals surface area contributed by atoms with Crippen molar-refractivity contribution in [2.45, 2.75) is 57.6 Å². The molecule has 4 nitrogen and oxygen atoms in total. The molecule has 0 aromatic carbocycles. The molecular formula is C16H26ClN3O. The Morgan fingerprint density at radius 3 is 2.81 bits per heavy atom. The molecule has 1 atom stereocenters. The number of piperidine rings is 1. The van der Waals surface area contributed by atoms with Gasteiger partial charge in [-0.3, -0.25) is 4.68 Å². The van der Waals surface area contributed by atoms with Gasteiger partial charge in [-0.2, -0.15) is 5.10 Å². The molecule has 0 bridgehead atoms. The average Bonchev–Trinajstić information content (AvgIpc) is 2.82. The Labute approximate surface area is 132 Å². The Hall–Kier alpha value is -0.740. The van der Waals surface area contributed by atoms with Gasteiger partial charge in [0.15, 0.2) is 10.9 Å². The van der Waals surface area contributed by atoms with E-state index < -0.39 is 0 Å². The van der Waals surface area contributed by atoms with Crippen LogP contribution >= 0.6 is 11.6 Å². The van der Waals surface area contributed by atoms with E-state index in [1.165, 1.54) is 38.6 Å². The number of hydrogen-bond acceptors (Lipinski definition) is 3. The number of ether oxygens (including phenoxy) is 1. The standard InChI is InChI=1S/C16H26ClN3O/c1-19-9-5-6-13(11-19)12-20-16(17)15(10-18-20)21-14-7-3-2-4-8-14/h10,13-14H,2-9,11-12H2,1H3. The minimum absolute atomic E-state index is 0.328. The fourth-order valence-corrected chi connectivity index (χ4v) is 3.79. The van der Waals surface area contributed by atoms with Crippen LogP contribution in [0.5, 0.6) is 5.75 Å². The average molecular weight is 312 g/mol. The monoisotopic (exact) mass is 311 g/mol. The van der Waals surface area contributed by atoms with Crippen molar-refractivity contribution < 1.29 is 4.74 Å². The van der Waals surface area contributed by atoms with Gasteiger partial charge in [-0.1, -0.05) is 18.0 Å². The summed E-state index contributed by atoms with van der Waals surface area (Å²) in [4.78, 5) is 2.39. The Bertz CT molecular complexity index is 456. The molecule has 1 aromatic rings. The Morgan fingerprint density at radius 2 is 2.05 bits per heavy atom. The zero-order valence-corrected chi connectivity index (χ0v) is 13.7. The second-order valence-electron chi connectivity index (χ2n) is 6.63. The van der Waals surface area contributed by atoms with E-state index in [0.717, 1.165) is 31.7 Å². The normalized spacial score (nSPS) is 25.1. The second-order valence-corrected chi connectivity index (χ2v) is 6.99. The van der Waals surface area contributed by atoms with Crippen LogP contribution < -0.4 is 4.74 Å². The lowest BCUT2D eigenvalue weighted by atomic mass is 9.98. The van der Waals surface area contributed by atoms with Gasteiger partial charge in [0.25, 0.3) is 0 Å². The first-order chi connectivity index (χ1) is 10.2. The van der Waals surface area contributed by atoms with E-state index in [9.17, 15) is 0 Å². The molecule has 0 N–H and O–H groups in total. The number of nitrogens with zero attached hydrogens (tertiary/aromatic N) is 3. The zero-order chi connectivity index (χ0) is 14.7. The van der Waals surface area contributed by atoms with Gasteiger partial charge in [0.1, 0.15) is 0 Å². The van der Waals surface area contributed by atoms with E-state index in [-0.39, 0.29) is 0 Å². The van der Waals surface area contributed by atoms with Gasteiger partial charge in [-0.05, 0) is 58.0 Å². The number of hydrogen-bond donors (Lipinski definition) is 0. The fourth-order valence-electron chi connectivity index (χ4n) is 3.59. The molecule has 2 fully saturated rings. The van der Waals surface area contributed by atoms with Crippen LogP contribution in [0.15, 0.2) is 6.20 Å². The first kappa shape index (κ1) is 15.2. The van der Waals surface area contributed by atoms with Crippen molar-refractivity contribution >= 4 is 11.6 Å². The molecule has 0 radical (unpaired) electrons. The van der Waals surface area contributed by atoms with Crippen LogP contribution in [-0.2, 0) is 6.54 Å². The number of halogens is 1. The first-order valence-electron chi connectivity index (χ1n) is 8.29.